The number of pyridine rings is 2. The van der Waals surface area contributed by atoms with Gasteiger partial charge in [0.2, 0.25) is 5.88 Å². The van der Waals surface area contributed by atoms with E-state index in [-0.39, 0.29) is 17.4 Å². The number of methoxy groups -OCH3 is 1. The second-order valence-corrected chi connectivity index (χ2v) is 8.87. The molecular formula is C25H29BClN5O4. The topological polar surface area (TPSA) is 115 Å². The fourth-order valence-electron chi connectivity index (χ4n) is 4.09. The van der Waals surface area contributed by atoms with Crippen molar-refractivity contribution in [1.82, 2.24) is 19.7 Å². The minimum atomic E-state index is -1.65. The smallest absolute Gasteiger partial charge is 0.494 e. The number of aromatic nitrogens is 4. The number of benzene rings is 1. The summed E-state index contributed by atoms with van der Waals surface area (Å²) < 4.78 is 12.7. The van der Waals surface area contributed by atoms with Gasteiger partial charge in [-0.3, -0.25) is 4.68 Å². The van der Waals surface area contributed by atoms with Crippen LogP contribution >= 0.6 is 11.6 Å². The van der Waals surface area contributed by atoms with E-state index in [4.69, 9.17) is 26.2 Å². The second kappa shape index (κ2) is 11.2. The Labute approximate surface area is 215 Å². The van der Waals surface area contributed by atoms with Crippen molar-refractivity contribution in [2.75, 3.05) is 19.0 Å². The molecule has 0 bridgehead atoms. The largest absolute Gasteiger partial charge is 0.497 e. The number of aryl methyl sites for hydroxylation is 1. The SMILES string of the molecule is CCOc1nc(CC(C)n2nc(C)c3nc(Cl)cc(NCc4ccc(OC)cc4)c32)ccc1B(O)O. The van der Waals surface area contributed by atoms with Gasteiger partial charge in [0.25, 0.3) is 0 Å². The molecule has 3 N–H and O–H groups in total. The zero-order chi connectivity index (χ0) is 25.8. The molecule has 9 nitrogen and oxygen atoms in total. The average molecular weight is 510 g/mol. The maximum atomic E-state index is 9.61. The Morgan fingerprint density at radius 2 is 1.89 bits per heavy atom. The fourth-order valence-corrected chi connectivity index (χ4v) is 4.28. The number of nitrogens with one attached hydrogen (secondary N) is 1. The number of halogens is 1. The Balaban J connectivity index is 1.64. The number of rotatable bonds is 10. The lowest BCUT2D eigenvalue weighted by molar-refractivity contribution is 0.325. The summed E-state index contributed by atoms with van der Waals surface area (Å²) in [6.45, 7) is 6.73. The van der Waals surface area contributed by atoms with Crippen molar-refractivity contribution in [3.8, 4) is 11.6 Å². The Hall–Kier alpha value is -3.34. The fraction of sp³-hybridized carbons (Fsp3) is 0.320. The van der Waals surface area contributed by atoms with Gasteiger partial charge in [0.15, 0.2) is 0 Å². The molecule has 4 aromatic rings. The number of anilines is 1. The third-order valence-electron chi connectivity index (χ3n) is 5.86. The van der Waals surface area contributed by atoms with Crippen LogP contribution in [-0.2, 0) is 13.0 Å². The summed E-state index contributed by atoms with van der Waals surface area (Å²) >= 11 is 6.35. The summed E-state index contributed by atoms with van der Waals surface area (Å²) in [5.41, 5.74) is 5.25. The molecule has 0 aliphatic heterocycles. The number of hydrogen-bond acceptors (Lipinski definition) is 8. The van der Waals surface area contributed by atoms with Crippen molar-refractivity contribution in [2.24, 2.45) is 0 Å². The molecule has 0 amide bonds. The molecule has 1 unspecified atom stereocenters. The maximum Gasteiger partial charge on any atom is 0.494 e. The summed E-state index contributed by atoms with van der Waals surface area (Å²) in [4.78, 5) is 9.04. The van der Waals surface area contributed by atoms with Crippen molar-refractivity contribution in [2.45, 2.75) is 39.8 Å². The molecule has 0 radical (unpaired) electrons. The number of fused-ring (bicyclic) bond motifs is 1. The van der Waals surface area contributed by atoms with E-state index in [0.717, 1.165) is 39.4 Å². The van der Waals surface area contributed by atoms with Crippen molar-refractivity contribution < 1.29 is 19.5 Å². The van der Waals surface area contributed by atoms with E-state index in [1.165, 1.54) is 0 Å². The molecule has 0 aliphatic rings. The van der Waals surface area contributed by atoms with Gasteiger partial charge in [0.05, 0.1) is 31.1 Å². The van der Waals surface area contributed by atoms with Crippen LogP contribution in [0.5, 0.6) is 11.6 Å². The van der Waals surface area contributed by atoms with E-state index in [9.17, 15) is 10.0 Å². The molecule has 3 aromatic heterocycles. The summed E-state index contributed by atoms with van der Waals surface area (Å²) in [6, 6.07) is 13.0. The van der Waals surface area contributed by atoms with E-state index in [1.807, 2.05) is 49.7 Å². The number of ether oxygens (including phenoxy) is 2. The highest BCUT2D eigenvalue weighted by Gasteiger charge is 2.22. The van der Waals surface area contributed by atoms with E-state index in [2.05, 4.69) is 15.3 Å². The van der Waals surface area contributed by atoms with Crippen LogP contribution in [0.1, 0.15) is 36.8 Å². The Morgan fingerprint density at radius 1 is 1.14 bits per heavy atom. The Bertz CT molecular complexity index is 1350. The molecule has 11 heteroatoms. The van der Waals surface area contributed by atoms with Crippen molar-refractivity contribution >= 4 is 40.9 Å². The normalized spacial score (nSPS) is 12.0. The average Bonchev–Trinajstić information content (AvgIpc) is 3.19. The third kappa shape index (κ3) is 5.56. The highest BCUT2D eigenvalue weighted by atomic mass is 35.5. The highest BCUT2D eigenvalue weighted by Crippen LogP contribution is 2.31. The minimum absolute atomic E-state index is 0.0856. The van der Waals surface area contributed by atoms with Gasteiger partial charge in [-0.15, -0.1) is 0 Å². The zero-order valence-electron chi connectivity index (χ0n) is 20.7. The van der Waals surface area contributed by atoms with Crippen LogP contribution in [0.25, 0.3) is 11.0 Å². The first-order valence-electron chi connectivity index (χ1n) is 11.7. The van der Waals surface area contributed by atoms with Gasteiger partial charge in [-0.25, -0.2) is 9.97 Å². The van der Waals surface area contributed by atoms with Gasteiger partial charge >= 0.3 is 7.12 Å². The molecule has 4 rings (SSSR count). The number of nitrogens with zero attached hydrogens (tertiary/aromatic N) is 4. The van der Waals surface area contributed by atoms with Crippen molar-refractivity contribution in [3.63, 3.8) is 0 Å². The Kier molecular flexibility index (Phi) is 7.98. The molecule has 1 atom stereocenters. The Morgan fingerprint density at radius 3 is 2.56 bits per heavy atom. The van der Waals surface area contributed by atoms with Crippen molar-refractivity contribution in [1.29, 1.82) is 0 Å². The predicted octanol–water partition coefficient (Wildman–Crippen LogP) is 3.29. The number of hydrogen-bond donors (Lipinski definition) is 3. The minimum Gasteiger partial charge on any atom is -0.497 e. The van der Waals surface area contributed by atoms with E-state index in [0.29, 0.717) is 24.7 Å². The van der Waals surface area contributed by atoms with Crippen LogP contribution in [0.15, 0.2) is 42.5 Å². The standard InChI is InChI=1S/C25H29BClN5O4/c1-5-36-25-20(26(33)34)11-8-18(29-25)12-15(2)32-24-21(13-22(27)30-23(24)16(3)31-32)28-14-17-6-9-19(35-4)10-7-17/h6-11,13,15,33-34H,5,12,14H2,1-4H3,(H,28,30). The first-order chi connectivity index (χ1) is 17.3. The van der Waals surface area contributed by atoms with Crippen LogP contribution in [0.2, 0.25) is 5.15 Å². The summed E-state index contributed by atoms with van der Waals surface area (Å²) in [6.07, 6.45) is 0.540. The van der Waals surface area contributed by atoms with E-state index >= 15 is 0 Å². The van der Waals surface area contributed by atoms with E-state index < -0.39 is 7.12 Å². The third-order valence-corrected chi connectivity index (χ3v) is 6.06. The van der Waals surface area contributed by atoms with Gasteiger partial charge in [-0.2, -0.15) is 5.10 Å². The molecule has 0 saturated carbocycles. The molecule has 3 heterocycles. The van der Waals surface area contributed by atoms with Gasteiger partial charge in [-0.05, 0) is 44.5 Å². The maximum absolute atomic E-state index is 9.61. The first-order valence-corrected chi connectivity index (χ1v) is 12.1. The summed E-state index contributed by atoms with van der Waals surface area (Å²) in [5, 5.41) is 27.8. The van der Waals surface area contributed by atoms with Crippen LogP contribution in [0.4, 0.5) is 5.69 Å². The van der Waals surface area contributed by atoms with Crippen LogP contribution in [-0.4, -0.2) is 50.6 Å². The first kappa shape index (κ1) is 25.7. The predicted molar refractivity (Wildman–Crippen MR) is 141 cm³/mol. The summed E-state index contributed by atoms with van der Waals surface area (Å²) in [7, 11) is -0.0103. The van der Waals surface area contributed by atoms with E-state index in [1.54, 1.807) is 25.3 Å². The van der Waals surface area contributed by atoms with Crippen LogP contribution < -0.4 is 20.3 Å². The van der Waals surface area contributed by atoms with Gasteiger partial charge in [-0.1, -0.05) is 29.8 Å². The van der Waals surface area contributed by atoms with Crippen molar-refractivity contribution in [3.05, 3.63) is 64.6 Å². The molecule has 36 heavy (non-hydrogen) atoms. The second-order valence-electron chi connectivity index (χ2n) is 8.48. The molecule has 0 aliphatic carbocycles. The lowest BCUT2D eigenvalue weighted by Gasteiger charge is -2.17. The van der Waals surface area contributed by atoms with Gasteiger partial charge < -0.3 is 24.8 Å². The molecule has 0 spiro atoms. The molecule has 0 saturated heterocycles. The van der Waals surface area contributed by atoms with Gasteiger partial charge in [0, 0.05) is 30.2 Å². The van der Waals surface area contributed by atoms with Crippen LogP contribution in [0, 0.1) is 6.92 Å². The lowest BCUT2D eigenvalue weighted by Crippen LogP contribution is -2.32. The lowest BCUT2D eigenvalue weighted by atomic mass is 9.81. The van der Waals surface area contributed by atoms with Crippen LogP contribution in [0.3, 0.4) is 0 Å². The molecule has 0 fully saturated rings. The molecule has 188 valence electrons. The molecular weight excluding hydrogens is 481 g/mol. The highest BCUT2D eigenvalue weighted by molar-refractivity contribution is 6.59. The zero-order valence-corrected chi connectivity index (χ0v) is 21.5. The quantitative estimate of drug-likeness (QED) is 0.220. The summed E-state index contributed by atoms with van der Waals surface area (Å²) in [5.74, 6) is 1.02. The molecule has 1 aromatic carbocycles. The van der Waals surface area contributed by atoms with Gasteiger partial charge in [0.1, 0.15) is 21.9 Å². The monoisotopic (exact) mass is 509 g/mol.